The summed E-state index contributed by atoms with van der Waals surface area (Å²) < 4.78 is 22.3. The molecule has 0 bridgehead atoms. The van der Waals surface area contributed by atoms with Crippen LogP contribution in [0.15, 0.2) is 11.0 Å². The van der Waals surface area contributed by atoms with Gasteiger partial charge < -0.3 is 45.5 Å². The maximum absolute atomic E-state index is 12.8. The van der Waals surface area contributed by atoms with Crippen LogP contribution in [-0.4, -0.2) is 87.1 Å². The van der Waals surface area contributed by atoms with Gasteiger partial charge in [0.1, 0.15) is 35.4 Å². The van der Waals surface area contributed by atoms with Crippen molar-refractivity contribution in [3.8, 4) is 11.8 Å². The monoisotopic (exact) mass is 609 g/mol. The highest BCUT2D eigenvalue weighted by Gasteiger charge is 2.35. The summed E-state index contributed by atoms with van der Waals surface area (Å²) in [6, 6.07) is -1.04. The fourth-order valence-corrected chi connectivity index (χ4v) is 3.85. The lowest BCUT2D eigenvalue weighted by atomic mass is 10.1. The van der Waals surface area contributed by atoms with Crippen LogP contribution in [0.2, 0.25) is 0 Å². The molecule has 2 heterocycles. The van der Waals surface area contributed by atoms with E-state index >= 15 is 0 Å². The maximum Gasteiger partial charge on any atom is 0.408 e. The number of anilines is 1. The molecule has 0 aromatic carbocycles. The Balaban J connectivity index is 2.00. The molecule has 1 unspecified atom stereocenters. The molecule has 1 aliphatic heterocycles. The molecule has 1 fully saturated rings. The number of amides is 2. The molecule has 2 amide bonds. The Hall–Kier alpha value is -3.87. The van der Waals surface area contributed by atoms with Crippen LogP contribution in [-0.2, 0) is 23.7 Å². The average Bonchev–Trinajstić information content (AvgIpc) is 3.24. The molecule has 15 heteroatoms. The van der Waals surface area contributed by atoms with Crippen molar-refractivity contribution in [2.24, 2.45) is 0 Å². The van der Waals surface area contributed by atoms with Gasteiger partial charge in [-0.25, -0.2) is 19.2 Å². The van der Waals surface area contributed by atoms with Crippen LogP contribution >= 0.6 is 0 Å². The zero-order valence-electron chi connectivity index (χ0n) is 25.5. The van der Waals surface area contributed by atoms with Crippen LogP contribution in [0, 0.1) is 11.8 Å². The Morgan fingerprint density at radius 2 is 1.81 bits per heavy atom. The second-order valence-electron chi connectivity index (χ2n) is 11.9. The molecular formula is C28H43N5O10. The number of carbonyl (C=O) groups excluding carboxylic acids is 3. The number of rotatable bonds is 10. The van der Waals surface area contributed by atoms with Crippen molar-refractivity contribution in [3.05, 3.63) is 22.2 Å². The summed E-state index contributed by atoms with van der Waals surface area (Å²) in [6.45, 7) is 9.85. The number of alkyl carbamates (subject to hydrolysis) is 2. The number of nitrogen functional groups attached to an aromatic ring is 1. The Morgan fingerprint density at radius 3 is 2.42 bits per heavy atom. The Kier molecular flexibility index (Phi) is 12.8. The van der Waals surface area contributed by atoms with Crippen molar-refractivity contribution in [2.45, 2.75) is 103 Å². The molecule has 0 saturated carbocycles. The third kappa shape index (κ3) is 12.5. The van der Waals surface area contributed by atoms with Gasteiger partial charge >= 0.3 is 23.8 Å². The Morgan fingerprint density at radius 1 is 1.16 bits per heavy atom. The lowest BCUT2D eigenvalue weighted by Crippen LogP contribution is -2.44. The SMILES string of the molecule is CC(C)(C)OC(=O)NCCCCC(NC(=O)OC(C)(C)C)C(=O)OCC#Cc1cn([C@H]2C[C@@H](O)[C@@H](CO)O2)c(=O)nc1N. The zero-order chi connectivity index (χ0) is 32.4. The molecule has 240 valence electrons. The predicted octanol–water partition coefficient (Wildman–Crippen LogP) is 0.949. The molecule has 1 saturated heterocycles. The average molecular weight is 610 g/mol. The van der Waals surface area contributed by atoms with Gasteiger partial charge in [0.15, 0.2) is 6.61 Å². The molecular weight excluding hydrogens is 566 g/mol. The van der Waals surface area contributed by atoms with Gasteiger partial charge in [0.2, 0.25) is 0 Å². The van der Waals surface area contributed by atoms with Crippen LogP contribution in [0.4, 0.5) is 15.4 Å². The molecule has 0 radical (unpaired) electrons. The van der Waals surface area contributed by atoms with Crippen molar-refractivity contribution < 1.29 is 43.5 Å². The fourth-order valence-electron chi connectivity index (χ4n) is 3.85. The summed E-state index contributed by atoms with van der Waals surface area (Å²) in [5.74, 6) is 4.42. The molecule has 0 spiro atoms. The zero-order valence-corrected chi connectivity index (χ0v) is 25.5. The van der Waals surface area contributed by atoms with Gasteiger partial charge in [0, 0.05) is 19.2 Å². The fraction of sp³-hybridized carbons (Fsp3) is 0.679. The van der Waals surface area contributed by atoms with E-state index in [-0.39, 0.29) is 30.8 Å². The van der Waals surface area contributed by atoms with Crippen LogP contribution in [0.5, 0.6) is 0 Å². The van der Waals surface area contributed by atoms with Gasteiger partial charge in [-0.3, -0.25) is 4.57 Å². The van der Waals surface area contributed by atoms with Crippen LogP contribution in [0.25, 0.3) is 0 Å². The number of nitrogens with two attached hydrogens (primary N) is 1. The van der Waals surface area contributed by atoms with Gasteiger partial charge in [-0.15, -0.1) is 0 Å². The normalized spacial score (nSPS) is 19.0. The van der Waals surface area contributed by atoms with Crippen molar-refractivity contribution in [1.29, 1.82) is 0 Å². The van der Waals surface area contributed by atoms with Crippen molar-refractivity contribution in [3.63, 3.8) is 0 Å². The molecule has 4 atom stereocenters. The van der Waals surface area contributed by atoms with Crippen LogP contribution in [0.3, 0.4) is 0 Å². The number of hydrogen-bond donors (Lipinski definition) is 5. The number of unbranched alkanes of at least 4 members (excludes halogenated alkanes) is 1. The number of aromatic nitrogens is 2. The van der Waals surface area contributed by atoms with Gasteiger partial charge in [0.25, 0.3) is 0 Å². The summed E-state index contributed by atoms with van der Waals surface area (Å²) in [7, 11) is 0. The van der Waals surface area contributed by atoms with E-state index in [0.717, 1.165) is 4.57 Å². The Bertz CT molecular complexity index is 1240. The second kappa shape index (κ2) is 15.6. The minimum absolute atomic E-state index is 0.0598. The quantitative estimate of drug-likeness (QED) is 0.109. The van der Waals surface area contributed by atoms with Crippen LogP contribution in [0.1, 0.15) is 79.0 Å². The largest absolute Gasteiger partial charge is 0.451 e. The van der Waals surface area contributed by atoms with Crippen LogP contribution < -0.4 is 22.1 Å². The highest BCUT2D eigenvalue weighted by Crippen LogP contribution is 2.27. The van der Waals surface area contributed by atoms with Crippen molar-refractivity contribution in [2.75, 3.05) is 25.5 Å². The minimum atomic E-state index is -1.04. The summed E-state index contributed by atoms with van der Waals surface area (Å²) in [5.41, 5.74) is 3.86. The van der Waals surface area contributed by atoms with E-state index in [4.69, 9.17) is 24.7 Å². The number of esters is 1. The smallest absolute Gasteiger partial charge is 0.408 e. The van der Waals surface area contributed by atoms with Crippen molar-refractivity contribution >= 4 is 24.0 Å². The maximum atomic E-state index is 12.8. The summed E-state index contributed by atoms with van der Waals surface area (Å²) in [4.78, 5) is 53.0. The van der Waals surface area contributed by atoms with Gasteiger partial charge in [-0.1, -0.05) is 11.8 Å². The van der Waals surface area contributed by atoms with Crippen molar-refractivity contribution in [1.82, 2.24) is 20.2 Å². The molecule has 1 aromatic rings. The first-order chi connectivity index (χ1) is 20.0. The second-order valence-corrected chi connectivity index (χ2v) is 11.9. The number of hydrogen-bond acceptors (Lipinski definition) is 12. The molecule has 1 aromatic heterocycles. The molecule has 43 heavy (non-hydrogen) atoms. The standard InChI is InChI=1S/C28H43N5O10/c1-27(2,3)42-25(38)30-12-8-7-11-18(31-26(39)43-28(4,5)6)23(36)40-13-9-10-17-15-33(24(37)32-22(17)29)21-14-19(35)20(16-34)41-21/h15,18-21,34-35H,7-8,11-14,16H2,1-6H3,(H,30,38)(H,31,39)(H2,29,32,37)/t18?,19-,20-,21-/m1/s1. The first kappa shape index (κ1) is 35.3. The summed E-state index contributed by atoms with van der Waals surface area (Å²) in [6.07, 6.45) is -1.49. The lowest BCUT2D eigenvalue weighted by molar-refractivity contribution is -0.144. The topological polar surface area (TPSA) is 214 Å². The lowest BCUT2D eigenvalue weighted by Gasteiger charge is -2.23. The van der Waals surface area contributed by atoms with E-state index in [2.05, 4.69) is 27.5 Å². The van der Waals surface area contributed by atoms with E-state index in [0.29, 0.717) is 19.4 Å². The number of nitrogens with one attached hydrogen (secondary N) is 2. The third-order valence-electron chi connectivity index (χ3n) is 5.75. The minimum Gasteiger partial charge on any atom is -0.451 e. The molecule has 6 N–H and O–H groups in total. The van der Waals surface area contributed by atoms with E-state index in [1.165, 1.54) is 6.20 Å². The Labute approximate surface area is 250 Å². The number of nitrogens with zero attached hydrogens (tertiary/aromatic N) is 2. The van der Waals surface area contributed by atoms with E-state index in [9.17, 15) is 29.4 Å². The highest BCUT2D eigenvalue weighted by molar-refractivity contribution is 5.81. The van der Waals surface area contributed by atoms with E-state index in [1.807, 2.05) is 0 Å². The molecule has 0 aliphatic carbocycles. The molecule has 2 rings (SSSR count). The molecule has 1 aliphatic rings. The number of ether oxygens (including phenoxy) is 4. The van der Waals surface area contributed by atoms with Gasteiger partial charge in [-0.2, -0.15) is 4.98 Å². The van der Waals surface area contributed by atoms with Gasteiger partial charge in [0.05, 0.1) is 18.3 Å². The first-order valence-electron chi connectivity index (χ1n) is 13.9. The van der Waals surface area contributed by atoms with E-state index < -0.39 is 66.1 Å². The third-order valence-corrected chi connectivity index (χ3v) is 5.75. The number of aliphatic hydroxyl groups excluding tert-OH is 2. The molecule has 15 nitrogen and oxygen atoms in total. The first-order valence-corrected chi connectivity index (χ1v) is 13.9. The predicted molar refractivity (Wildman–Crippen MR) is 154 cm³/mol. The summed E-state index contributed by atoms with van der Waals surface area (Å²) in [5, 5.41) is 24.4. The highest BCUT2D eigenvalue weighted by atomic mass is 16.6. The van der Waals surface area contributed by atoms with E-state index in [1.54, 1.807) is 41.5 Å². The summed E-state index contributed by atoms with van der Waals surface area (Å²) >= 11 is 0. The van der Waals surface area contributed by atoms with Gasteiger partial charge in [-0.05, 0) is 60.8 Å². The number of aliphatic hydroxyl groups is 2. The number of carbonyl (C=O) groups is 3.